The summed E-state index contributed by atoms with van der Waals surface area (Å²) in [7, 11) is 0. The maximum absolute atomic E-state index is 14.3. The first-order chi connectivity index (χ1) is 16.1. The van der Waals surface area contributed by atoms with Gasteiger partial charge in [0.05, 0.1) is 24.7 Å². The van der Waals surface area contributed by atoms with E-state index in [9.17, 15) is 19.5 Å². The Bertz CT molecular complexity index is 1020. The minimum absolute atomic E-state index is 0.0160. The largest absolute Gasteiger partial charge is 0.466 e. The summed E-state index contributed by atoms with van der Waals surface area (Å²) in [6, 6.07) is 4.91. The number of esters is 1. The highest BCUT2D eigenvalue weighted by Crippen LogP contribution is 2.63. The molecule has 2 unspecified atom stereocenters. The smallest absolute Gasteiger partial charge is 0.312 e. The van der Waals surface area contributed by atoms with E-state index in [2.05, 4.69) is 6.58 Å². The van der Waals surface area contributed by atoms with E-state index >= 15 is 0 Å². The second-order valence-corrected chi connectivity index (χ2v) is 9.76. The topological polar surface area (TPSA) is 96.4 Å². The molecule has 8 nitrogen and oxygen atoms in total. The third-order valence-corrected chi connectivity index (χ3v) is 7.63. The predicted molar refractivity (Wildman–Crippen MR) is 126 cm³/mol. The molecule has 1 aromatic rings. The molecular formula is C26H34N2O6. The summed E-state index contributed by atoms with van der Waals surface area (Å²) in [5.74, 6) is -2.73. The van der Waals surface area contributed by atoms with Crippen LogP contribution in [0.15, 0.2) is 30.9 Å². The lowest BCUT2D eigenvalue weighted by molar-refractivity contribution is -0.159. The number of hydrogen-bond donors (Lipinski definition) is 1. The fourth-order valence-electron chi connectivity index (χ4n) is 6.24. The maximum atomic E-state index is 14.3. The Morgan fingerprint density at radius 2 is 2.09 bits per heavy atom. The SMILES string of the molecule is C=CCN(C(=O)C1N(CCO)C(=O)[C@@H]2[C@H](C(=O)OCC)[C@]3(C)CCC12O3)c1cc(C)ccc1C. The number of amides is 2. The summed E-state index contributed by atoms with van der Waals surface area (Å²) < 4.78 is 11.9. The van der Waals surface area contributed by atoms with Crippen molar-refractivity contribution in [2.75, 3.05) is 31.2 Å². The van der Waals surface area contributed by atoms with Crippen molar-refractivity contribution < 1.29 is 29.0 Å². The van der Waals surface area contributed by atoms with Gasteiger partial charge in [0.1, 0.15) is 17.6 Å². The molecule has 3 aliphatic heterocycles. The van der Waals surface area contributed by atoms with Crippen LogP contribution in [0, 0.1) is 25.7 Å². The van der Waals surface area contributed by atoms with Crippen molar-refractivity contribution in [2.24, 2.45) is 11.8 Å². The second kappa shape index (κ2) is 8.82. The van der Waals surface area contributed by atoms with Gasteiger partial charge in [-0.1, -0.05) is 18.2 Å². The number of aliphatic hydroxyl groups is 1. The van der Waals surface area contributed by atoms with Crippen LogP contribution in [0.25, 0.3) is 0 Å². The van der Waals surface area contributed by atoms with Crippen molar-refractivity contribution in [1.29, 1.82) is 0 Å². The normalized spacial score (nSPS) is 31.5. The number of carbonyl (C=O) groups is 3. The lowest BCUT2D eigenvalue weighted by atomic mass is 9.66. The quantitative estimate of drug-likeness (QED) is 0.462. The van der Waals surface area contributed by atoms with Crippen molar-refractivity contribution in [2.45, 2.75) is 57.8 Å². The van der Waals surface area contributed by atoms with Gasteiger partial charge in [-0.15, -0.1) is 6.58 Å². The molecule has 1 N–H and O–H groups in total. The van der Waals surface area contributed by atoms with Gasteiger partial charge in [-0.25, -0.2) is 0 Å². The number of β-amino-alcohol motifs (C(OH)–C–C–N with tert-alkyl or cyclic N) is 1. The van der Waals surface area contributed by atoms with Crippen molar-refractivity contribution in [3.05, 3.63) is 42.0 Å². The molecule has 2 bridgehead atoms. The van der Waals surface area contributed by atoms with Crippen LogP contribution >= 0.6 is 0 Å². The van der Waals surface area contributed by atoms with E-state index in [4.69, 9.17) is 9.47 Å². The van der Waals surface area contributed by atoms with Gasteiger partial charge in [0, 0.05) is 18.8 Å². The Morgan fingerprint density at radius 3 is 2.74 bits per heavy atom. The van der Waals surface area contributed by atoms with Gasteiger partial charge in [0.25, 0.3) is 5.91 Å². The van der Waals surface area contributed by atoms with Gasteiger partial charge in [-0.2, -0.15) is 0 Å². The Morgan fingerprint density at radius 1 is 1.35 bits per heavy atom. The van der Waals surface area contributed by atoms with Gasteiger partial charge < -0.3 is 24.4 Å². The van der Waals surface area contributed by atoms with Crippen molar-refractivity contribution >= 4 is 23.5 Å². The number of ether oxygens (including phenoxy) is 2. The molecule has 0 aliphatic carbocycles. The summed E-state index contributed by atoms with van der Waals surface area (Å²) in [5.41, 5.74) is 0.634. The molecule has 184 valence electrons. The van der Waals surface area contributed by atoms with Crippen molar-refractivity contribution in [1.82, 2.24) is 4.90 Å². The molecule has 3 aliphatic rings. The van der Waals surface area contributed by atoms with E-state index in [-0.39, 0.29) is 38.1 Å². The zero-order chi connectivity index (χ0) is 24.8. The Labute approximate surface area is 200 Å². The molecule has 3 saturated heterocycles. The van der Waals surface area contributed by atoms with E-state index in [1.165, 1.54) is 4.90 Å². The average molecular weight is 471 g/mol. The van der Waals surface area contributed by atoms with Gasteiger partial charge in [0.2, 0.25) is 5.91 Å². The van der Waals surface area contributed by atoms with E-state index < -0.39 is 35.0 Å². The number of hydrogen-bond acceptors (Lipinski definition) is 6. The standard InChI is InChI=1S/C26H34N2O6/c1-6-12-27(18-15-16(3)8-9-17(18)4)23(31)21-26-11-10-25(5,34-26)20(24(32)33-7-2)19(26)22(30)28(21)13-14-29/h6,8-9,15,19-21,29H,1,7,10-14H2,2-5H3/t19-,20+,21?,25-,26?/m0/s1. The van der Waals surface area contributed by atoms with Crippen molar-refractivity contribution in [3.63, 3.8) is 0 Å². The first kappa shape index (κ1) is 24.4. The third-order valence-electron chi connectivity index (χ3n) is 7.63. The molecule has 5 atom stereocenters. The summed E-state index contributed by atoms with van der Waals surface area (Å²) in [5, 5.41) is 9.76. The van der Waals surface area contributed by atoms with E-state index in [0.29, 0.717) is 12.8 Å². The summed E-state index contributed by atoms with van der Waals surface area (Å²) in [4.78, 5) is 44.0. The molecule has 1 aromatic carbocycles. The summed E-state index contributed by atoms with van der Waals surface area (Å²) >= 11 is 0. The molecular weight excluding hydrogens is 436 g/mol. The minimum atomic E-state index is -1.15. The number of nitrogens with zero attached hydrogens (tertiary/aromatic N) is 2. The Hall–Kier alpha value is -2.71. The first-order valence-corrected chi connectivity index (χ1v) is 11.9. The van der Waals surface area contributed by atoms with Crippen LogP contribution in [0.4, 0.5) is 5.69 Å². The maximum Gasteiger partial charge on any atom is 0.312 e. The van der Waals surface area contributed by atoms with Gasteiger partial charge in [-0.05, 0) is 57.7 Å². The van der Waals surface area contributed by atoms with Gasteiger partial charge in [-0.3, -0.25) is 14.4 Å². The summed E-state index contributed by atoms with van der Waals surface area (Å²) in [6.45, 7) is 11.4. The second-order valence-electron chi connectivity index (χ2n) is 9.76. The van der Waals surface area contributed by atoms with Crippen LogP contribution < -0.4 is 4.90 Å². The van der Waals surface area contributed by atoms with E-state index in [0.717, 1.165) is 16.8 Å². The Kier molecular flexibility index (Phi) is 6.33. The number of carbonyl (C=O) groups excluding carboxylic acids is 3. The average Bonchev–Trinajstić information content (AvgIpc) is 3.35. The summed E-state index contributed by atoms with van der Waals surface area (Å²) in [6.07, 6.45) is 2.67. The molecule has 1 spiro atoms. The molecule has 0 aromatic heterocycles. The lowest BCUT2D eigenvalue weighted by Gasteiger charge is -2.37. The first-order valence-electron chi connectivity index (χ1n) is 11.9. The van der Waals surface area contributed by atoms with Gasteiger partial charge >= 0.3 is 5.97 Å². The number of aliphatic hydroxyl groups excluding tert-OH is 1. The molecule has 34 heavy (non-hydrogen) atoms. The zero-order valence-electron chi connectivity index (χ0n) is 20.4. The van der Waals surface area contributed by atoms with Crippen LogP contribution in [0.5, 0.6) is 0 Å². The molecule has 3 fully saturated rings. The van der Waals surface area contributed by atoms with Crippen LogP contribution in [-0.2, 0) is 23.9 Å². The molecule has 0 saturated carbocycles. The Balaban J connectivity index is 1.82. The molecule has 2 amide bonds. The van der Waals surface area contributed by atoms with Crippen molar-refractivity contribution in [3.8, 4) is 0 Å². The van der Waals surface area contributed by atoms with Crippen LogP contribution in [0.3, 0.4) is 0 Å². The number of anilines is 1. The number of rotatable bonds is 8. The molecule has 8 heteroatoms. The van der Waals surface area contributed by atoms with E-state index in [1.807, 2.05) is 39.0 Å². The molecule has 3 heterocycles. The number of aryl methyl sites for hydroxylation is 2. The van der Waals surface area contributed by atoms with Crippen LogP contribution in [0.1, 0.15) is 37.8 Å². The predicted octanol–water partition coefficient (Wildman–Crippen LogP) is 2.14. The fourth-order valence-corrected chi connectivity index (χ4v) is 6.24. The van der Waals surface area contributed by atoms with E-state index in [1.54, 1.807) is 17.9 Å². The van der Waals surface area contributed by atoms with Crippen LogP contribution in [-0.4, -0.2) is 71.3 Å². The third kappa shape index (κ3) is 3.46. The molecule has 4 rings (SSSR count). The fraction of sp³-hybridized carbons (Fsp3) is 0.577. The highest BCUT2D eigenvalue weighted by molar-refractivity contribution is 6.05. The number of benzene rings is 1. The monoisotopic (exact) mass is 470 g/mol. The number of fused-ring (bicyclic) bond motifs is 1. The zero-order valence-corrected chi connectivity index (χ0v) is 20.4. The highest BCUT2D eigenvalue weighted by atomic mass is 16.6. The lowest BCUT2D eigenvalue weighted by Crippen LogP contribution is -2.57. The highest BCUT2D eigenvalue weighted by Gasteiger charge is 2.78. The molecule has 0 radical (unpaired) electrons. The van der Waals surface area contributed by atoms with Gasteiger partial charge in [0.15, 0.2) is 0 Å². The van der Waals surface area contributed by atoms with Crippen LogP contribution in [0.2, 0.25) is 0 Å². The minimum Gasteiger partial charge on any atom is -0.466 e. The number of likely N-dealkylation sites (tertiary alicyclic amines) is 1.